The summed E-state index contributed by atoms with van der Waals surface area (Å²) in [6.07, 6.45) is 0. The smallest absolute Gasteiger partial charge is 0.163 e. The molecular formula is C12H20N2O+2. The molecule has 1 aliphatic rings. The number of rotatable bonds is 2. The van der Waals surface area contributed by atoms with Gasteiger partial charge in [-0.1, -0.05) is 0 Å². The van der Waals surface area contributed by atoms with Crippen LogP contribution in [0.1, 0.15) is 17.2 Å². The Bertz CT molecular complexity index is 349. The molecule has 1 heterocycles. The highest BCUT2D eigenvalue weighted by molar-refractivity contribution is 5.37. The molecule has 0 aromatic heterocycles. The maximum Gasteiger partial charge on any atom is 0.163 e. The van der Waals surface area contributed by atoms with Crippen LogP contribution in [0.3, 0.4) is 0 Å². The number of quaternary nitrogens is 2. The van der Waals surface area contributed by atoms with E-state index in [1.54, 1.807) is 7.11 Å². The zero-order valence-corrected chi connectivity index (χ0v) is 9.71. The Morgan fingerprint density at radius 3 is 2.87 bits per heavy atom. The number of nitrogens with one attached hydrogen (secondary N) is 1. The summed E-state index contributed by atoms with van der Waals surface area (Å²) in [6, 6.07) is 7.07. The number of methoxy groups -OCH3 is 1. The third-order valence-electron chi connectivity index (χ3n) is 3.19. The molecule has 15 heavy (non-hydrogen) atoms. The van der Waals surface area contributed by atoms with E-state index in [1.165, 1.54) is 22.6 Å². The number of hydrogen-bond acceptors (Lipinski definition) is 1. The second kappa shape index (κ2) is 4.21. The maximum absolute atomic E-state index is 5.26. The molecule has 0 saturated heterocycles. The molecule has 0 aliphatic carbocycles. The number of benzene rings is 1. The number of nitrogens with two attached hydrogens (primary N) is 1. The van der Waals surface area contributed by atoms with Gasteiger partial charge in [0.25, 0.3) is 0 Å². The largest absolute Gasteiger partial charge is 0.497 e. The van der Waals surface area contributed by atoms with Crippen LogP contribution in [-0.2, 0) is 6.54 Å². The van der Waals surface area contributed by atoms with Crippen molar-refractivity contribution in [3.8, 4) is 5.75 Å². The maximum atomic E-state index is 5.26. The normalized spacial score (nSPS) is 20.1. The number of fused-ring (bicyclic) bond motifs is 1. The van der Waals surface area contributed by atoms with Crippen LogP contribution in [-0.4, -0.2) is 27.7 Å². The van der Waals surface area contributed by atoms with E-state index >= 15 is 0 Å². The van der Waals surface area contributed by atoms with E-state index in [9.17, 15) is 0 Å². The molecule has 1 aliphatic heterocycles. The molecule has 0 radical (unpaired) electrons. The van der Waals surface area contributed by atoms with Gasteiger partial charge in [-0.15, -0.1) is 0 Å². The summed E-state index contributed by atoms with van der Waals surface area (Å²) in [4.78, 5) is 1.50. The predicted octanol–water partition coefficient (Wildman–Crippen LogP) is -1.04. The quantitative estimate of drug-likeness (QED) is 0.639. The first kappa shape index (κ1) is 10.5. The van der Waals surface area contributed by atoms with Gasteiger partial charge in [-0.3, -0.25) is 0 Å². The lowest BCUT2D eigenvalue weighted by Crippen LogP contribution is -3.10. The molecular weight excluding hydrogens is 188 g/mol. The summed E-state index contributed by atoms with van der Waals surface area (Å²) in [5.41, 5.74) is 2.91. The standard InChI is InChI=1S/C12H18N2O/c1-14(2)12-8-13-7-9-6-10(15-3)4-5-11(9)12/h4-6,12-13H,7-8H2,1-3H3/p+2/t12-/m1/s1. The van der Waals surface area contributed by atoms with Gasteiger partial charge in [0.1, 0.15) is 18.8 Å². The Morgan fingerprint density at radius 2 is 2.20 bits per heavy atom. The Morgan fingerprint density at radius 1 is 1.40 bits per heavy atom. The minimum Gasteiger partial charge on any atom is -0.497 e. The summed E-state index contributed by atoms with van der Waals surface area (Å²) < 4.78 is 5.26. The second-order valence-electron chi connectivity index (χ2n) is 4.42. The van der Waals surface area contributed by atoms with Crippen LogP contribution in [0, 0.1) is 0 Å². The molecule has 1 aromatic rings. The fourth-order valence-electron chi connectivity index (χ4n) is 2.30. The van der Waals surface area contributed by atoms with Crippen molar-refractivity contribution in [3.05, 3.63) is 29.3 Å². The second-order valence-corrected chi connectivity index (χ2v) is 4.42. The molecule has 1 atom stereocenters. The van der Waals surface area contributed by atoms with Crippen LogP contribution in [0.5, 0.6) is 5.75 Å². The van der Waals surface area contributed by atoms with E-state index < -0.39 is 0 Å². The fourth-order valence-corrected chi connectivity index (χ4v) is 2.30. The highest BCUT2D eigenvalue weighted by Gasteiger charge is 2.27. The Kier molecular flexibility index (Phi) is 2.93. The van der Waals surface area contributed by atoms with Crippen molar-refractivity contribution >= 4 is 0 Å². The van der Waals surface area contributed by atoms with E-state index in [1.807, 2.05) is 0 Å². The van der Waals surface area contributed by atoms with Crippen molar-refractivity contribution in [3.63, 3.8) is 0 Å². The summed E-state index contributed by atoms with van der Waals surface area (Å²) in [7, 11) is 6.17. The van der Waals surface area contributed by atoms with Crippen LogP contribution < -0.4 is 15.0 Å². The molecule has 0 unspecified atom stereocenters. The zero-order valence-electron chi connectivity index (χ0n) is 9.71. The zero-order chi connectivity index (χ0) is 10.8. The van der Waals surface area contributed by atoms with E-state index in [0.29, 0.717) is 6.04 Å². The van der Waals surface area contributed by atoms with Crippen molar-refractivity contribution in [1.29, 1.82) is 0 Å². The van der Waals surface area contributed by atoms with E-state index in [-0.39, 0.29) is 0 Å². The first-order valence-corrected chi connectivity index (χ1v) is 5.51. The van der Waals surface area contributed by atoms with Gasteiger partial charge < -0.3 is 15.0 Å². The molecule has 2 rings (SSSR count). The molecule has 82 valence electrons. The molecule has 1 aromatic carbocycles. The summed E-state index contributed by atoms with van der Waals surface area (Å²) in [5.74, 6) is 0.969. The minimum absolute atomic E-state index is 0.611. The van der Waals surface area contributed by atoms with Crippen molar-refractivity contribution in [2.45, 2.75) is 12.6 Å². The Balaban J connectivity index is 2.36. The summed E-state index contributed by atoms with van der Waals surface area (Å²) in [6.45, 7) is 2.26. The third-order valence-corrected chi connectivity index (χ3v) is 3.19. The van der Waals surface area contributed by atoms with Gasteiger partial charge in [0.05, 0.1) is 21.2 Å². The van der Waals surface area contributed by atoms with Gasteiger partial charge in [0.2, 0.25) is 0 Å². The van der Waals surface area contributed by atoms with Crippen molar-refractivity contribution in [2.24, 2.45) is 0 Å². The number of hydrogen-bond donors (Lipinski definition) is 2. The lowest BCUT2D eigenvalue weighted by Gasteiger charge is -2.26. The van der Waals surface area contributed by atoms with E-state index in [0.717, 1.165) is 12.3 Å². The van der Waals surface area contributed by atoms with Crippen LogP contribution in [0.2, 0.25) is 0 Å². The minimum atomic E-state index is 0.611. The molecule has 3 nitrogen and oxygen atoms in total. The van der Waals surface area contributed by atoms with Gasteiger partial charge in [-0.25, -0.2) is 0 Å². The molecule has 0 fully saturated rings. The molecule has 3 heteroatoms. The van der Waals surface area contributed by atoms with Crippen LogP contribution in [0.15, 0.2) is 18.2 Å². The van der Waals surface area contributed by atoms with E-state index in [2.05, 4.69) is 37.6 Å². The van der Waals surface area contributed by atoms with Gasteiger partial charge >= 0.3 is 0 Å². The first-order valence-electron chi connectivity index (χ1n) is 5.51. The SMILES string of the molecule is COc1ccc2c(c1)C[NH2+]C[C@H]2[NH+](C)C. The van der Waals surface area contributed by atoms with Crippen molar-refractivity contribution in [2.75, 3.05) is 27.7 Å². The summed E-state index contributed by atoms with van der Waals surface area (Å²) >= 11 is 0. The van der Waals surface area contributed by atoms with Gasteiger partial charge in [-0.05, 0) is 18.2 Å². The number of ether oxygens (including phenoxy) is 1. The average molecular weight is 208 g/mol. The van der Waals surface area contributed by atoms with Crippen LogP contribution >= 0.6 is 0 Å². The highest BCUT2D eigenvalue weighted by Crippen LogP contribution is 2.22. The molecule has 0 amide bonds. The summed E-state index contributed by atoms with van der Waals surface area (Å²) in [5, 5.41) is 2.37. The lowest BCUT2D eigenvalue weighted by atomic mass is 9.96. The van der Waals surface area contributed by atoms with Gasteiger partial charge in [-0.2, -0.15) is 0 Å². The molecule has 0 spiro atoms. The third kappa shape index (κ3) is 1.98. The van der Waals surface area contributed by atoms with Crippen LogP contribution in [0.25, 0.3) is 0 Å². The van der Waals surface area contributed by atoms with Crippen molar-refractivity contribution < 1.29 is 15.0 Å². The van der Waals surface area contributed by atoms with Crippen molar-refractivity contribution in [1.82, 2.24) is 0 Å². The Labute approximate surface area is 91.0 Å². The Hall–Kier alpha value is -1.06. The average Bonchev–Trinajstić information content (AvgIpc) is 2.27. The molecule has 3 N–H and O–H groups in total. The van der Waals surface area contributed by atoms with Crippen LogP contribution in [0.4, 0.5) is 0 Å². The fraction of sp³-hybridized carbons (Fsp3) is 0.500. The molecule has 0 saturated carbocycles. The lowest BCUT2D eigenvalue weighted by molar-refractivity contribution is -0.912. The highest BCUT2D eigenvalue weighted by atomic mass is 16.5. The predicted molar refractivity (Wildman–Crippen MR) is 59.0 cm³/mol. The number of likely N-dealkylation sites (N-methyl/N-ethyl adjacent to an activating group) is 1. The van der Waals surface area contributed by atoms with Gasteiger partial charge in [0, 0.05) is 11.1 Å². The van der Waals surface area contributed by atoms with Gasteiger partial charge in [0.15, 0.2) is 6.04 Å². The topological polar surface area (TPSA) is 30.3 Å². The van der Waals surface area contributed by atoms with E-state index in [4.69, 9.17) is 4.74 Å². The first-order chi connectivity index (χ1) is 7.22. The monoisotopic (exact) mass is 208 g/mol. The molecule has 0 bridgehead atoms.